The number of aliphatic imine (C=N–C) groups is 2. The largest absolute Gasteiger partial charge is 0.274 e. The van der Waals surface area contributed by atoms with Gasteiger partial charge >= 0.3 is 0 Å². The molecule has 1 aliphatic heterocycles. The van der Waals surface area contributed by atoms with Crippen LogP contribution in [0.2, 0.25) is 0 Å². The molecule has 266 valence electrons. The molecular weight excluding hydrogens is 717 g/mol. The van der Waals surface area contributed by atoms with Gasteiger partial charge in [-0.3, -0.25) is 4.57 Å². The predicted octanol–water partition coefficient (Wildman–Crippen LogP) is 8.76. The van der Waals surface area contributed by atoms with E-state index in [4.69, 9.17) is 15.0 Å². The molecule has 2 heterocycles. The van der Waals surface area contributed by atoms with Gasteiger partial charge in [-0.15, -0.1) is 0 Å². The van der Waals surface area contributed by atoms with Gasteiger partial charge in [0.15, 0.2) is 0 Å². The molecule has 0 N–H and O–H groups in total. The Morgan fingerprint density at radius 1 is 0.431 bits per heavy atom. The van der Waals surface area contributed by atoms with Gasteiger partial charge in [0.2, 0.25) is 0 Å². The summed E-state index contributed by atoms with van der Waals surface area (Å²) >= 11 is 0. The van der Waals surface area contributed by atoms with Crippen LogP contribution in [0.3, 0.4) is 0 Å². The number of hydrogen-bond acceptors (Lipinski definition) is 9. The third-order valence-electron chi connectivity index (χ3n) is 9.71. The van der Waals surface area contributed by atoms with Crippen LogP contribution in [0.4, 0.5) is 0 Å². The zero-order valence-electron chi connectivity index (χ0n) is 30.3. The molecule has 1 aliphatic rings. The number of nitriles is 6. The molecule has 0 unspecified atom stereocenters. The maximum absolute atomic E-state index is 10.9. The average molecular weight is 741 g/mol. The van der Waals surface area contributed by atoms with Gasteiger partial charge < -0.3 is 0 Å². The van der Waals surface area contributed by atoms with Gasteiger partial charge in [0.05, 0.1) is 104 Å². The zero-order chi connectivity index (χ0) is 40.2. The van der Waals surface area contributed by atoms with Gasteiger partial charge in [0, 0.05) is 22.3 Å². The van der Waals surface area contributed by atoms with Crippen molar-refractivity contribution in [1.29, 1.82) is 31.6 Å². The summed E-state index contributed by atoms with van der Waals surface area (Å²) in [5.41, 5.74) is 4.53. The van der Waals surface area contributed by atoms with Gasteiger partial charge in [0.25, 0.3) is 5.79 Å². The van der Waals surface area contributed by atoms with Crippen molar-refractivity contribution in [2.24, 2.45) is 9.98 Å². The Kier molecular flexibility index (Phi) is 9.21. The average Bonchev–Trinajstić information content (AvgIpc) is 3.90. The zero-order valence-corrected chi connectivity index (χ0v) is 30.3. The van der Waals surface area contributed by atoms with Gasteiger partial charge in [-0.2, -0.15) is 31.6 Å². The van der Waals surface area contributed by atoms with Crippen LogP contribution < -0.4 is 0 Å². The van der Waals surface area contributed by atoms with Crippen molar-refractivity contribution < 1.29 is 0 Å². The van der Waals surface area contributed by atoms with Crippen molar-refractivity contribution in [3.05, 3.63) is 196 Å². The van der Waals surface area contributed by atoms with Crippen LogP contribution in [-0.4, -0.2) is 21.0 Å². The van der Waals surface area contributed by atoms with Crippen LogP contribution in [0.15, 0.2) is 156 Å². The van der Waals surface area contributed by atoms with E-state index < -0.39 is 5.79 Å². The first kappa shape index (κ1) is 35.8. The minimum Gasteiger partial charge on any atom is -0.274 e. The highest BCUT2D eigenvalue weighted by Gasteiger charge is 2.48. The fraction of sp³-hybridized carbons (Fsp3) is 0.0208. The van der Waals surface area contributed by atoms with E-state index in [-0.39, 0.29) is 50.3 Å². The second kappa shape index (κ2) is 14.9. The molecule has 0 amide bonds. The monoisotopic (exact) mass is 740 g/mol. The third-order valence-corrected chi connectivity index (χ3v) is 9.71. The lowest BCUT2D eigenvalue weighted by Gasteiger charge is -2.31. The molecule has 8 rings (SSSR count). The van der Waals surface area contributed by atoms with Gasteiger partial charge in [0.1, 0.15) is 5.82 Å². The third kappa shape index (κ3) is 5.92. The predicted molar refractivity (Wildman–Crippen MR) is 216 cm³/mol. The van der Waals surface area contributed by atoms with Gasteiger partial charge in [-0.1, -0.05) is 121 Å². The summed E-state index contributed by atoms with van der Waals surface area (Å²) in [5.74, 6) is -2.03. The first-order valence-electron chi connectivity index (χ1n) is 17.8. The second-order valence-electron chi connectivity index (χ2n) is 13.1. The number of aromatic nitrogens is 2. The molecule has 6 aromatic carbocycles. The van der Waals surface area contributed by atoms with Crippen molar-refractivity contribution in [2.75, 3.05) is 0 Å². The van der Waals surface area contributed by atoms with Crippen molar-refractivity contribution in [3.63, 3.8) is 0 Å². The Balaban J connectivity index is 1.69. The fourth-order valence-corrected chi connectivity index (χ4v) is 7.28. The van der Waals surface area contributed by atoms with Gasteiger partial charge in [-0.05, 0) is 24.3 Å². The standard InChI is InChI=1S/C48H24N10/c49-25-31-21-37(27-51)41(38(22-31)28-52)47-55-45(35-17-9-3-10-18-35)46(36-19-11-4-12-20-36)58(47)48(42-39(29-53)23-32(26-50)24-40(42)30-54)56-43(33-13-5-1-6-14-33)44(57-48)34-15-7-2-8-16-34/h1-24H. The van der Waals surface area contributed by atoms with Crippen LogP contribution in [0, 0.1) is 68.0 Å². The van der Waals surface area contributed by atoms with Crippen molar-refractivity contribution in [2.45, 2.75) is 5.79 Å². The molecule has 0 bridgehead atoms. The quantitative estimate of drug-likeness (QED) is 0.156. The molecule has 0 radical (unpaired) electrons. The van der Waals surface area contributed by atoms with Crippen molar-refractivity contribution >= 4 is 11.4 Å². The number of rotatable bonds is 7. The topological polar surface area (TPSA) is 185 Å². The summed E-state index contributed by atoms with van der Waals surface area (Å²) < 4.78 is 1.69. The van der Waals surface area contributed by atoms with Crippen LogP contribution >= 0.6 is 0 Å². The Morgan fingerprint density at radius 2 is 0.810 bits per heavy atom. The summed E-state index contributed by atoms with van der Waals surface area (Å²) in [6.45, 7) is 0. The van der Waals surface area contributed by atoms with E-state index in [1.165, 1.54) is 24.3 Å². The number of benzene rings is 6. The second-order valence-corrected chi connectivity index (χ2v) is 13.1. The van der Waals surface area contributed by atoms with Crippen molar-refractivity contribution in [3.8, 4) is 70.3 Å². The molecule has 0 aliphatic carbocycles. The minimum atomic E-state index is -2.09. The SMILES string of the molecule is N#Cc1cc(C#N)c(-c2nc(-c3ccccc3)c(-c3ccccc3)n2C2(c3c(C#N)cc(C#N)cc3C#N)N=C(c3ccccc3)C(c3ccccc3)=N2)c(C#N)c1. The summed E-state index contributed by atoms with van der Waals surface area (Å²) in [6.07, 6.45) is 0. The minimum absolute atomic E-state index is 0.0189. The molecule has 0 atom stereocenters. The molecule has 0 saturated carbocycles. The Labute approximate surface area is 333 Å². The summed E-state index contributed by atoms with van der Waals surface area (Å²) in [7, 11) is 0. The van der Waals surface area contributed by atoms with E-state index in [1.807, 2.05) is 127 Å². The number of imidazole rings is 1. The van der Waals surface area contributed by atoms with E-state index in [2.05, 4.69) is 30.3 Å². The van der Waals surface area contributed by atoms with E-state index in [0.717, 1.165) is 0 Å². The van der Waals surface area contributed by atoms with E-state index >= 15 is 0 Å². The molecule has 10 nitrogen and oxygen atoms in total. The van der Waals surface area contributed by atoms with E-state index in [0.29, 0.717) is 45.1 Å². The summed E-state index contributed by atoms with van der Waals surface area (Å²) in [6, 6.07) is 55.9. The Hall–Kier alpha value is -9.19. The van der Waals surface area contributed by atoms with Crippen LogP contribution in [0.25, 0.3) is 33.9 Å². The molecule has 0 saturated heterocycles. The van der Waals surface area contributed by atoms with E-state index in [1.54, 1.807) is 4.57 Å². The molecule has 0 spiro atoms. The maximum Gasteiger partial charge on any atom is 0.264 e. The molecule has 58 heavy (non-hydrogen) atoms. The van der Waals surface area contributed by atoms with Gasteiger partial charge in [-0.25, -0.2) is 15.0 Å². The lowest BCUT2D eigenvalue weighted by atomic mass is 9.92. The molecule has 7 aromatic rings. The molecular formula is C48H24N10. The smallest absolute Gasteiger partial charge is 0.264 e. The first-order chi connectivity index (χ1) is 28.5. The van der Waals surface area contributed by atoms with E-state index in [9.17, 15) is 31.6 Å². The number of nitrogens with zero attached hydrogens (tertiary/aromatic N) is 10. The summed E-state index contributed by atoms with van der Waals surface area (Å²) in [4.78, 5) is 16.3. The number of hydrogen-bond donors (Lipinski definition) is 0. The van der Waals surface area contributed by atoms with Crippen LogP contribution in [0.5, 0.6) is 0 Å². The normalized spacial score (nSPS) is 12.4. The maximum atomic E-state index is 10.9. The Morgan fingerprint density at radius 3 is 1.21 bits per heavy atom. The molecule has 0 fully saturated rings. The molecule has 10 heteroatoms. The summed E-state index contributed by atoms with van der Waals surface area (Å²) in [5, 5.41) is 63.2. The Bertz CT molecular complexity index is 2980. The molecule has 1 aromatic heterocycles. The highest BCUT2D eigenvalue weighted by molar-refractivity contribution is 6.54. The highest BCUT2D eigenvalue weighted by Crippen LogP contribution is 2.49. The van der Waals surface area contributed by atoms with Crippen LogP contribution in [-0.2, 0) is 5.79 Å². The fourth-order valence-electron chi connectivity index (χ4n) is 7.28. The lowest BCUT2D eigenvalue weighted by Crippen LogP contribution is -2.33. The van der Waals surface area contributed by atoms with Crippen LogP contribution in [0.1, 0.15) is 50.1 Å². The lowest BCUT2D eigenvalue weighted by molar-refractivity contribution is 0.407. The van der Waals surface area contributed by atoms with Crippen molar-refractivity contribution in [1.82, 2.24) is 9.55 Å². The first-order valence-corrected chi connectivity index (χ1v) is 17.8. The highest BCUT2D eigenvalue weighted by atomic mass is 15.4.